The van der Waals surface area contributed by atoms with Crippen molar-refractivity contribution in [3.63, 3.8) is 0 Å². The van der Waals surface area contributed by atoms with Crippen LogP contribution in [0.4, 0.5) is 11.4 Å². The fraction of sp³-hybridized carbons (Fsp3) is 0.333. The Morgan fingerprint density at radius 1 is 0.781 bits per heavy atom. The Bertz CT molecular complexity index is 923. The number of hydrogen-bond donors (Lipinski definition) is 2. The maximum absolute atomic E-state index is 12.0. The first-order valence-corrected chi connectivity index (χ1v) is 10.5. The summed E-state index contributed by atoms with van der Waals surface area (Å²) in [5, 5.41) is 5.26. The molecular formula is C24H28N2O6. The summed E-state index contributed by atoms with van der Waals surface area (Å²) >= 11 is 0. The Morgan fingerprint density at radius 2 is 1.38 bits per heavy atom. The average molecular weight is 440 g/mol. The predicted octanol–water partition coefficient (Wildman–Crippen LogP) is 3.85. The summed E-state index contributed by atoms with van der Waals surface area (Å²) in [5.74, 6) is -1.90. The number of unbranched alkanes of at least 4 members (excludes halogenated alkanes) is 1. The third-order valence-corrected chi connectivity index (χ3v) is 4.39. The number of benzene rings is 2. The van der Waals surface area contributed by atoms with Gasteiger partial charge in [0.25, 0.3) is 5.91 Å². The van der Waals surface area contributed by atoms with E-state index in [0.717, 1.165) is 18.4 Å². The van der Waals surface area contributed by atoms with Crippen LogP contribution in [0.2, 0.25) is 0 Å². The standard InChI is InChI=1S/C24H28N2O6/c1-3-4-15-31-24(30)18-7-11-20(12-8-18)25-21(27)13-14-23(29)32-16-22(28)26-19-9-5-17(2)6-10-19/h5-12H,3-4,13-16H2,1-2H3,(H,25,27)(H,26,28). The van der Waals surface area contributed by atoms with Crippen molar-refractivity contribution in [1.82, 2.24) is 0 Å². The first kappa shape index (κ1) is 24.6. The van der Waals surface area contributed by atoms with Crippen LogP contribution in [0.3, 0.4) is 0 Å². The summed E-state index contributed by atoms with van der Waals surface area (Å²) < 4.78 is 10.0. The molecule has 0 bridgehead atoms. The molecule has 2 N–H and O–H groups in total. The fourth-order valence-electron chi connectivity index (χ4n) is 2.57. The van der Waals surface area contributed by atoms with E-state index in [0.29, 0.717) is 23.5 Å². The normalized spacial score (nSPS) is 10.2. The lowest BCUT2D eigenvalue weighted by atomic mass is 10.2. The lowest BCUT2D eigenvalue weighted by Gasteiger charge is -2.08. The van der Waals surface area contributed by atoms with Gasteiger partial charge in [-0.2, -0.15) is 0 Å². The van der Waals surface area contributed by atoms with Crippen molar-refractivity contribution in [2.24, 2.45) is 0 Å². The maximum Gasteiger partial charge on any atom is 0.338 e. The van der Waals surface area contributed by atoms with Gasteiger partial charge in [0.15, 0.2) is 6.61 Å². The number of hydrogen-bond acceptors (Lipinski definition) is 6. The number of nitrogens with one attached hydrogen (secondary N) is 2. The lowest BCUT2D eigenvalue weighted by Crippen LogP contribution is -2.21. The number of aryl methyl sites for hydroxylation is 1. The van der Waals surface area contributed by atoms with Gasteiger partial charge in [-0.3, -0.25) is 14.4 Å². The summed E-state index contributed by atoms with van der Waals surface area (Å²) in [6.07, 6.45) is 1.48. The third-order valence-electron chi connectivity index (χ3n) is 4.39. The van der Waals surface area contributed by atoms with Crippen LogP contribution in [-0.2, 0) is 23.9 Å². The van der Waals surface area contributed by atoms with Crippen LogP contribution in [0.15, 0.2) is 48.5 Å². The predicted molar refractivity (Wildman–Crippen MR) is 120 cm³/mol. The molecule has 32 heavy (non-hydrogen) atoms. The van der Waals surface area contributed by atoms with Crippen LogP contribution < -0.4 is 10.6 Å². The van der Waals surface area contributed by atoms with Crippen molar-refractivity contribution in [3.05, 3.63) is 59.7 Å². The van der Waals surface area contributed by atoms with Gasteiger partial charge in [-0.15, -0.1) is 0 Å². The van der Waals surface area contributed by atoms with Gasteiger partial charge in [0, 0.05) is 17.8 Å². The molecule has 0 atom stereocenters. The Balaban J connectivity index is 1.67. The molecule has 0 aliphatic heterocycles. The van der Waals surface area contributed by atoms with Crippen molar-refractivity contribution in [2.45, 2.75) is 39.5 Å². The van der Waals surface area contributed by atoms with Crippen LogP contribution in [0.5, 0.6) is 0 Å². The highest BCUT2D eigenvalue weighted by molar-refractivity contribution is 5.95. The van der Waals surface area contributed by atoms with E-state index in [-0.39, 0.29) is 18.7 Å². The minimum Gasteiger partial charge on any atom is -0.462 e. The van der Waals surface area contributed by atoms with Gasteiger partial charge in [0.1, 0.15) is 0 Å². The van der Waals surface area contributed by atoms with E-state index >= 15 is 0 Å². The highest BCUT2D eigenvalue weighted by Crippen LogP contribution is 2.12. The summed E-state index contributed by atoms with van der Waals surface area (Å²) in [7, 11) is 0. The zero-order valence-corrected chi connectivity index (χ0v) is 18.3. The molecule has 0 saturated carbocycles. The molecule has 0 aromatic heterocycles. The lowest BCUT2D eigenvalue weighted by molar-refractivity contribution is -0.147. The van der Waals surface area contributed by atoms with E-state index in [1.54, 1.807) is 36.4 Å². The second kappa shape index (κ2) is 12.9. The summed E-state index contributed by atoms with van der Waals surface area (Å²) in [4.78, 5) is 47.5. The third kappa shape index (κ3) is 8.99. The van der Waals surface area contributed by atoms with Crippen molar-refractivity contribution >= 4 is 35.1 Å². The SMILES string of the molecule is CCCCOC(=O)c1ccc(NC(=O)CCC(=O)OCC(=O)Nc2ccc(C)cc2)cc1. The van der Waals surface area contributed by atoms with Gasteiger partial charge in [-0.25, -0.2) is 4.79 Å². The maximum atomic E-state index is 12.0. The summed E-state index contributed by atoms with van der Waals surface area (Å²) in [5.41, 5.74) is 2.56. The van der Waals surface area contributed by atoms with Gasteiger partial charge < -0.3 is 20.1 Å². The van der Waals surface area contributed by atoms with E-state index in [9.17, 15) is 19.2 Å². The van der Waals surface area contributed by atoms with E-state index in [1.807, 2.05) is 26.0 Å². The highest BCUT2D eigenvalue weighted by atomic mass is 16.5. The largest absolute Gasteiger partial charge is 0.462 e. The second-order valence-electron chi connectivity index (χ2n) is 7.19. The molecule has 8 nitrogen and oxygen atoms in total. The van der Waals surface area contributed by atoms with E-state index in [4.69, 9.17) is 9.47 Å². The average Bonchev–Trinajstić information content (AvgIpc) is 2.78. The van der Waals surface area contributed by atoms with Crippen LogP contribution in [0.25, 0.3) is 0 Å². The molecule has 0 heterocycles. The molecule has 0 aliphatic carbocycles. The van der Waals surface area contributed by atoms with E-state index in [2.05, 4.69) is 10.6 Å². The van der Waals surface area contributed by atoms with E-state index in [1.165, 1.54) is 0 Å². The van der Waals surface area contributed by atoms with Crippen molar-refractivity contribution in [3.8, 4) is 0 Å². The number of ether oxygens (including phenoxy) is 2. The molecule has 0 saturated heterocycles. The molecule has 0 radical (unpaired) electrons. The molecule has 8 heteroatoms. The first-order valence-electron chi connectivity index (χ1n) is 10.5. The summed E-state index contributed by atoms with van der Waals surface area (Å²) in [6.45, 7) is 3.89. The number of carbonyl (C=O) groups is 4. The van der Waals surface area contributed by atoms with Crippen molar-refractivity contribution in [2.75, 3.05) is 23.8 Å². The number of rotatable bonds is 11. The minimum absolute atomic E-state index is 0.0980. The molecule has 170 valence electrons. The molecular weight excluding hydrogens is 412 g/mol. The quantitative estimate of drug-likeness (QED) is 0.406. The molecule has 2 aromatic rings. The van der Waals surface area contributed by atoms with Crippen LogP contribution >= 0.6 is 0 Å². The van der Waals surface area contributed by atoms with E-state index < -0.39 is 24.5 Å². The molecule has 0 aliphatic rings. The Kier molecular flexibility index (Phi) is 9.90. The first-order chi connectivity index (χ1) is 15.4. The Hall–Kier alpha value is -3.68. The highest BCUT2D eigenvalue weighted by Gasteiger charge is 2.12. The molecule has 0 spiro atoms. The van der Waals surface area contributed by atoms with Crippen LogP contribution in [-0.4, -0.2) is 37.0 Å². The summed E-state index contributed by atoms with van der Waals surface area (Å²) in [6, 6.07) is 13.5. The Morgan fingerprint density at radius 3 is 2.00 bits per heavy atom. The zero-order valence-electron chi connectivity index (χ0n) is 18.3. The number of amides is 2. The molecule has 0 unspecified atom stereocenters. The van der Waals surface area contributed by atoms with Crippen LogP contribution in [0.1, 0.15) is 48.5 Å². The fourth-order valence-corrected chi connectivity index (χ4v) is 2.57. The van der Waals surface area contributed by atoms with Gasteiger partial charge in [-0.1, -0.05) is 31.0 Å². The van der Waals surface area contributed by atoms with Gasteiger partial charge in [-0.05, 0) is 49.7 Å². The van der Waals surface area contributed by atoms with Crippen molar-refractivity contribution in [1.29, 1.82) is 0 Å². The topological polar surface area (TPSA) is 111 Å². The molecule has 2 rings (SSSR count). The zero-order chi connectivity index (χ0) is 23.3. The van der Waals surface area contributed by atoms with Gasteiger partial charge >= 0.3 is 11.9 Å². The van der Waals surface area contributed by atoms with Gasteiger partial charge in [0.05, 0.1) is 18.6 Å². The minimum atomic E-state index is -0.649. The second-order valence-corrected chi connectivity index (χ2v) is 7.19. The molecule has 2 amide bonds. The Labute approximate surface area is 187 Å². The number of esters is 2. The number of anilines is 2. The molecule has 0 fully saturated rings. The van der Waals surface area contributed by atoms with Crippen molar-refractivity contribution < 1.29 is 28.7 Å². The smallest absolute Gasteiger partial charge is 0.338 e. The molecule has 2 aromatic carbocycles. The van der Waals surface area contributed by atoms with Crippen LogP contribution in [0, 0.1) is 6.92 Å². The van der Waals surface area contributed by atoms with Gasteiger partial charge in [0.2, 0.25) is 5.91 Å². The monoisotopic (exact) mass is 440 g/mol. The number of carbonyl (C=O) groups excluding carboxylic acids is 4.